The van der Waals surface area contributed by atoms with Crippen LogP contribution in [0.2, 0.25) is 0 Å². The van der Waals surface area contributed by atoms with E-state index in [2.05, 4.69) is 5.10 Å². The van der Waals surface area contributed by atoms with E-state index in [4.69, 9.17) is 0 Å². The summed E-state index contributed by atoms with van der Waals surface area (Å²) in [6, 6.07) is 23.0. The molecule has 0 aliphatic heterocycles. The summed E-state index contributed by atoms with van der Waals surface area (Å²) in [5.41, 5.74) is 3.74. The third-order valence-electron chi connectivity index (χ3n) is 6.73. The molecule has 41 heavy (non-hydrogen) atoms. The Kier molecular flexibility index (Phi) is 7.31. The summed E-state index contributed by atoms with van der Waals surface area (Å²) in [6.07, 6.45) is 1.53. The number of halogens is 1. The SMILES string of the molecule is Cc1c(-c2ccc(-c3cnn(Cc4ccc([N+](=O)[O-])cc4)c(=O)c3-c3ccc(F)cc3)cc2)cccc1S(=O)(=O)O. The first-order valence-corrected chi connectivity index (χ1v) is 13.7. The molecule has 11 heteroatoms. The van der Waals surface area contributed by atoms with Gasteiger partial charge in [0.1, 0.15) is 5.82 Å². The van der Waals surface area contributed by atoms with Crippen LogP contribution in [0, 0.1) is 22.9 Å². The topological polar surface area (TPSA) is 132 Å². The van der Waals surface area contributed by atoms with E-state index in [0.29, 0.717) is 44.5 Å². The van der Waals surface area contributed by atoms with Crippen LogP contribution in [-0.2, 0) is 16.7 Å². The zero-order chi connectivity index (χ0) is 29.3. The lowest BCUT2D eigenvalue weighted by Crippen LogP contribution is -2.25. The maximum atomic E-state index is 13.7. The number of aromatic nitrogens is 2. The lowest BCUT2D eigenvalue weighted by atomic mass is 9.94. The summed E-state index contributed by atoms with van der Waals surface area (Å²) in [4.78, 5) is 24.0. The van der Waals surface area contributed by atoms with Gasteiger partial charge < -0.3 is 0 Å². The molecule has 4 aromatic carbocycles. The van der Waals surface area contributed by atoms with E-state index >= 15 is 0 Å². The van der Waals surface area contributed by atoms with E-state index in [-0.39, 0.29) is 17.1 Å². The van der Waals surface area contributed by atoms with Crippen molar-refractivity contribution in [1.82, 2.24) is 9.78 Å². The van der Waals surface area contributed by atoms with Crippen LogP contribution >= 0.6 is 0 Å². The van der Waals surface area contributed by atoms with Crippen molar-refractivity contribution < 1.29 is 22.3 Å². The van der Waals surface area contributed by atoms with Gasteiger partial charge in [-0.15, -0.1) is 0 Å². The Morgan fingerprint density at radius 1 is 0.878 bits per heavy atom. The average Bonchev–Trinajstić information content (AvgIpc) is 2.94. The molecule has 9 nitrogen and oxygen atoms in total. The summed E-state index contributed by atoms with van der Waals surface area (Å²) in [6.45, 7) is 1.67. The van der Waals surface area contributed by atoms with Crippen molar-refractivity contribution in [3.05, 3.63) is 135 Å². The molecule has 0 atom stereocenters. The molecule has 0 saturated heterocycles. The normalized spacial score (nSPS) is 11.4. The number of nitro groups is 1. The minimum atomic E-state index is -4.39. The standard InChI is InChI=1S/C30H22FN3O6S/c1-19-26(3-2-4-28(19)41(38,39)40)21-7-9-22(10-8-21)27-17-32-33(18-20-5-15-25(16-6-20)34(36)37)30(35)29(27)23-11-13-24(31)14-12-23/h2-17H,18H2,1H3,(H,38,39,40). The van der Waals surface area contributed by atoms with E-state index in [1.807, 2.05) is 0 Å². The Bertz CT molecular complexity index is 1940. The van der Waals surface area contributed by atoms with Crippen molar-refractivity contribution in [2.45, 2.75) is 18.4 Å². The van der Waals surface area contributed by atoms with Crippen LogP contribution in [-0.4, -0.2) is 27.7 Å². The van der Waals surface area contributed by atoms with E-state index < -0.39 is 26.4 Å². The highest BCUT2D eigenvalue weighted by Gasteiger charge is 2.18. The number of hydrogen-bond donors (Lipinski definition) is 1. The second kappa shape index (κ2) is 10.9. The first-order valence-electron chi connectivity index (χ1n) is 12.3. The fourth-order valence-corrected chi connectivity index (χ4v) is 5.40. The summed E-state index contributed by atoms with van der Waals surface area (Å²) in [5, 5.41) is 15.3. The predicted octanol–water partition coefficient (Wildman–Crippen LogP) is 5.90. The molecule has 0 unspecified atom stereocenters. The number of nitro benzene ring substituents is 1. The lowest BCUT2D eigenvalue weighted by Gasteiger charge is -2.14. The van der Waals surface area contributed by atoms with Crippen molar-refractivity contribution in [3.8, 4) is 33.4 Å². The summed E-state index contributed by atoms with van der Waals surface area (Å²) in [7, 11) is -4.39. The van der Waals surface area contributed by atoms with E-state index in [1.165, 1.54) is 53.3 Å². The Morgan fingerprint density at radius 3 is 2.05 bits per heavy atom. The number of nitrogens with zero attached hydrogens (tertiary/aromatic N) is 3. The summed E-state index contributed by atoms with van der Waals surface area (Å²) in [5.74, 6) is -0.456. The van der Waals surface area contributed by atoms with Gasteiger partial charge >= 0.3 is 0 Å². The zero-order valence-electron chi connectivity index (χ0n) is 21.6. The third kappa shape index (κ3) is 5.67. The van der Waals surface area contributed by atoms with Crippen molar-refractivity contribution >= 4 is 15.8 Å². The van der Waals surface area contributed by atoms with Crippen LogP contribution in [0.5, 0.6) is 0 Å². The highest BCUT2D eigenvalue weighted by Crippen LogP contribution is 2.33. The molecular formula is C30H22FN3O6S. The second-order valence-electron chi connectivity index (χ2n) is 9.31. The van der Waals surface area contributed by atoms with Gasteiger partial charge in [-0.2, -0.15) is 13.5 Å². The van der Waals surface area contributed by atoms with Crippen molar-refractivity contribution in [2.75, 3.05) is 0 Å². The fourth-order valence-electron chi connectivity index (χ4n) is 4.65. The van der Waals surface area contributed by atoms with Crippen molar-refractivity contribution in [2.24, 2.45) is 0 Å². The van der Waals surface area contributed by atoms with Crippen molar-refractivity contribution in [3.63, 3.8) is 0 Å². The van der Waals surface area contributed by atoms with Gasteiger partial charge in [-0.3, -0.25) is 19.5 Å². The average molecular weight is 572 g/mol. The highest BCUT2D eigenvalue weighted by atomic mass is 32.2. The molecule has 0 bridgehead atoms. The van der Waals surface area contributed by atoms with Crippen LogP contribution in [0.25, 0.3) is 33.4 Å². The number of non-ortho nitro benzene ring substituents is 1. The molecule has 5 aromatic rings. The molecule has 1 heterocycles. The molecular weight excluding hydrogens is 549 g/mol. The van der Waals surface area contributed by atoms with E-state index in [0.717, 1.165) is 0 Å². The molecule has 0 spiro atoms. The molecule has 0 aliphatic rings. The molecule has 1 aromatic heterocycles. The molecule has 0 aliphatic carbocycles. The Morgan fingerprint density at radius 2 is 1.46 bits per heavy atom. The number of hydrogen-bond acceptors (Lipinski definition) is 6. The number of rotatable bonds is 7. The molecule has 206 valence electrons. The van der Waals surface area contributed by atoms with Gasteiger partial charge in [0, 0.05) is 17.7 Å². The van der Waals surface area contributed by atoms with E-state index in [1.54, 1.807) is 55.5 Å². The largest absolute Gasteiger partial charge is 0.294 e. The Hall–Kier alpha value is -5.00. The van der Waals surface area contributed by atoms with Crippen LogP contribution < -0.4 is 5.56 Å². The van der Waals surface area contributed by atoms with E-state index in [9.17, 15) is 32.3 Å². The smallest absolute Gasteiger partial charge is 0.282 e. The van der Waals surface area contributed by atoms with Gasteiger partial charge in [-0.1, -0.05) is 60.7 Å². The Balaban J connectivity index is 1.58. The molecule has 1 N–H and O–H groups in total. The fraction of sp³-hybridized carbons (Fsp3) is 0.0667. The van der Waals surface area contributed by atoms with Gasteiger partial charge in [0.2, 0.25) is 0 Å². The van der Waals surface area contributed by atoms with Gasteiger partial charge in [-0.05, 0) is 58.5 Å². The Labute approximate surface area is 234 Å². The number of benzene rings is 4. The lowest BCUT2D eigenvalue weighted by molar-refractivity contribution is -0.384. The van der Waals surface area contributed by atoms with Gasteiger partial charge in [-0.25, -0.2) is 9.07 Å². The van der Waals surface area contributed by atoms with Crippen molar-refractivity contribution in [1.29, 1.82) is 0 Å². The molecule has 0 fully saturated rings. The highest BCUT2D eigenvalue weighted by molar-refractivity contribution is 7.85. The maximum Gasteiger partial charge on any atom is 0.294 e. The monoisotopic (exact) mass is 571 g/mol. The second-order valence-corrected chi connectivity index (χ2v) is 10.7. The quantitative estimate of drug-likeness (QED) is 0.146. The van der Waals surface area contributed by atoms with Gasteiger partial charge in [0.15, 0.2) is 0 Å². The third-order valence-corrected chi connectivity index (χ3v) is 7.72. The van der Waals surface area contributed by atoms with Gasteiger partial charge in [0.25, 0.3) is 21.4 Å². The minimum absolute atomic E-state index is 0.0631. The first kappa shape index (κ1) is 27.6. The predicted molar refractivity (Wildman–Crippen MR) is 152 cm³/mol. The van der Waals surface area contributed by atoms with Crippen LogP contribution in [0.1, 0.15) is 11.1 Å². The van der Waals surface area contributed by atoms with Crippen LogP contribution in [0.4, 0.5) is 10.1 Å². The first-order chi connectivity index (χ1) is 19.5. The molecule has 0 radical (unpaired) electrons. The minimum Gasteiger partial charge on any atom is -0.282 e. The zero-order valence-corrected chi connectivity index (χ0v) is 22.4. The van der Waals surface area contributed by atoms with Crippen LogP contribution in [0.3, 0.4) is 0 Å². The van der Waals surface area contributed by atoms with Gasteiger partial charge in [0.05, 0.1) is 28.1 Å². The maximum absolute atomic E-state index is 13.7. The van der Waals surface area contributed by atoms with Crippen LogP contribution in [0.15, 0.2) is 107 Å². The molecule has 0 saturated carbocycles. The summed E-state index contributed by atoms with van der Waals surface area (Å²) >= 11 is 0. The summed E-state index contributed by atoms with van der Waals surface area (Å²) < 4.78 is 48.0. The molecule has 0 amide bonds. The molecule has 5 rings (SSSR count).